The number of aryl methyl sites for hydroxylation is 1. The molecule has 0 radical (unpaired) electrons. The highest BCUT2D eigenvalue weighted by Gasteiger charge is 2.05. The van der Waals surface area contributed by atoms with Crippen molar-refractivity contribution in [3.05, 3.63) is 18.0 Å². The lowest BCUT2D eigenvalue weighted by Gasteiger charge is -2.10. The van der Waals surface area contributed by atoms with Crippen molar-refractivity contribution in [1.29, 1.82) is 0 Å². The van der Waals surface area contributed by atoms with E-state index in [2.05, 4.69) is 15.7 Å². The van der Waals surface area contributed by atoms with Gasteiger partial charge in [0, 0.05) is 25.8 Å². The van der Waals surface area contributed by atoms with Crippen molar-refractivity contribution in [2.24, 2.45) is 7.05 Å². The molecule has 84 valence electrons. The molecule has 1 aromatic rings. The summed E-state index contributed by atoms with van der Waals surface area (Å²) in [5.41, 5.74) is 0.937. The first kappa shape index (κ1) is 11.7. The molecule has 1 heterocycles. The largest absolute Gasteiger partial charge is 0.354 e. The fraction of sp³-hybridized carbons (Fsp3) is 0.600. The van der Waals surface area contributed by atoms with E-state index in [-0.39, 0.29) is 5.91 Å². The molecule has 15 heavy (non-hydrogen) atoms. The first-order valence-electron chi connectivity index (χ1n) is 5.03. The highest BCUT2D eigenvalue weighted by atomic mass is 16.1. The molecule has 0 aliphatic carbocycles. The number of likely N-dealkylation sites (N-methyl/N-ethyl adjacent to an activating group) is 1. The van der Waals surface area contributed by atoms with Crippen LogP contribution in [-0.2, 0) is 18.3 Å². The van der Waals surface area contributed by atoms with Crippen LogP contribution in [0.4, 0.5) is 0 Å². The number of nitrogens with one attached hydrogen (secondary N) is 2. The normalized spacial score (nSPS) is 12.5. The molecule has 1 amide bonds. The van der Waals surface area contributed by atoms with Crippen LogP contribution < -0.4 is 10.6 Å². The summed E-state index contributed by atoms with van der Waals surface area (Å²) in [6.07, 6.45) is 3.95. The molecule has 0 spiro atoms. The summed E-state index contributed by atoms with van der Waals surface area (Å²) < 4.78 is 1.69. The van der Waals surface area contributed by atoms with Gasteiger partial charge >= 0.3 is 0 Å². The Morgan fingerprint density at radius 1 is 1.67 bits per heavy atom. The van der Waals surface area contributed by atoms with E-state index in [1.165, 1.54) is 0 Å². The number of carbonyl (C=O) groups is 1. The summed E-state index contributed by atoms with van der Waals surface area (Å²) in [6, 6.07) is 0.294. The maximum Gasteiger partial charge on any atom is 0.224 e. The fourth-order valence-corrected chi connectivity index (χ4v) is 1.18. The van der Waals surface area contributed by atoms with Crippen LogP contribution in [0.25, 0.3) is 0 Å². The van der Waals surface area contributed by atoms with Crippen molar-refractivity contribution < 1.29 is 4.79 Å². The minimum Gasteiger partial charge on any atom is -0.354 e. The van der Waals surface area contributed by atoms with Crippen molar-refractivity contribution in [1.82, 2.24) is 20.4 Å². The second-order valence-electron chi connectivity index (χ2n) is 3.69. The zero-order valence-corrected chi connectivity index (χ0v) is 9.45. The van der Waals surface area contributed by atoms with E-state index >= 15 is 0 Å². The zero-order chi connectivity index (χ0) is 11.3. The first-order chi connectivity index (χ1) is 7.11. The molecule has 1 atom stereocenters. The van der Waals surface area contributed by atoms with E-state index in [1.807, 2.05) is 27.2 Å². The molecule has 2 N–H and O–H groups in total. The zero-order valence-electron chi connectivity index (χ0n) is 9.45. The minimum atomic E-state index is 0.0325. The Balaban J connectivity index is 2.30. The van der Waals surface area contributed by atoms with Crippen LogP contribution in [0.2, 0.25) is 0 Å². The lowest BCUT2D eigenvalue weighted by molar-refractivity contribution is -0.120. The Hall–Kier alpha value is -1.36. The number of amides is 1. The molecule has 5 nitrogen and oxygen atoms in total. The third-order valence-corrected chi connectivity index (χ3v) is 2.22. The lowest BCUT2D eigenvalue weighted by Crippen LogP contribution is -2.37. The quantitative estimate of drug-likeness (QED) is 0.700. The molecule has 1 aromatic heterocycles. The predicted molar refractivity (Wildman–Crippen MR) is 58.4 cm³/mol. The molecular weight excluding hydrogens is 192 g/mol. The van der Waals surface area contributed by atoms with Crippen LogP contribution in [0.5, 0.6) is 0 Å². The lowest BCUT2D eigenvalue weighted by atomic mass is 10.2. The number of hydrogen-bond donors (Lipinski definition) is 2. The fourth-order valence-electron chi connectivity index (χ4n) is 1.18. The van der Waals surface area contributed by atoms with Crippen LogP contribution in [0.3, 0.4) is 0 Å². The smallest absolute Gasteiger partial charge is 0.224 e. The average Bonchev–Trinajstić information content (AvgIpc) is 2.60. The molecule has 0 saturated heterocycles. The molecule has 0 fully saturated rings. The van der Waals surface area contributed by atoms with Gasteiger partial charge in [0.15, 0.2) is 0 Å². The van der Waals surface area contributed by atoms with Gasteiger partial charge in [-0.25, -0.2) is 0 Å². The summed E-state index contributed by atoms with van der Waals surface area (Å²) in [5.74, 6) is 0.0325. The van der Waals surface area contributed by atoms with Crippen LogP contribution in [0.1, 0.15) is 12.5 Å². The molecule has 0 aliphatic heterocycles. The minimum absolute atomic E-state index is 0.0325. The monoisotopic (exact) mass is 210 g/mol. The average molecular weight is 210 g/mol. The molecule has 5 heteroatoms. The topological polar surface area (TPSA) is 58.9 Å². The maximum atomic E-state index is 11.5. The number of hydrogen-bond acceptors (Lipinski definition) is 3. The summed E-state index contributed by atoms with van der Waals surface area (Å²) in [5, 5.41) is 9.92. The molecule has 1 unspecified atom stereocenters. The first-order valence-corrected chi connectivity index (χ1v) is 5.03. The second-order valence-corrected chi connectivity index (χ2v) is 3.69. The van der Waals surface area contributed by atoms with Gasteiger partial charge in [-0.3, -0.25) is 9.48 Å². The molecule has 0 saturated carbocycles. The van der Waals surface area contributed by atoms with Crippen molar-refractivity contribution in [3.8, 4) is 0 Å². The van der Waals surface area contributed by atoms with Crippen LogP contribution >= 0.6 is 0 Å². The Bertz CT molecular complexity index is 321. The van der Waals surface area contributed by atoms with Crippen LogP contribution in [0, 0.1) is 0 Å². The molecule has 0 aromatic carbocycles. The van der Waals surface area contributed by atoms with Gasteiger partial charge in [-0.15, -0.1) is 0 Å². The number of rotatable bonds is 5. The van der Waals surface area contributed by atoms with Crippen LogP contribution in [-0.4, -0.2) is 35.3 Å². The summed E-state index contributed by atoms with van der Waals surface area (Å²) in [6.45, 7) is 2.67. The number of carbonyl (C=O) groups excluding carboxylic acids is 1. The predicted octanol–water partition coefficient (Wildman–Crippen LogP) is -0.313. The van der Waals surface area contributed by atoms with Gasteiger partial charge < -0.3 is 10.6 Å². The number of nitrogens with zero attached hydrogens (tertiary/aromatic N) is 2. The van der Waals surface area contributed by atoms with E-state index in [0.29, 0.717) is 19.0 Å². The summed E-state index contributed by atoms with van der Waals surface area (Å²) in [4.78, 5) is 11.5. The van der Waals surface area contributed by atoms with Gasteiger partial charge in [-0.1, -0.05) is 0 Å². The highest BCUT2D eigenvalue weighted by molar-refractivity contribution is 5.78. The Morgan fingerprint density at radius 3 is 2.93 bits per heavy atom. The van der Waals surface area contributed by atoms with Gasteiger partial charge in [-0.05, 0) is 19.5 Å². The Morgan fingerprint density at radius 2 is 2.40 bits per heavy atom. The molecule has 0 bridgehead atoms. The Kier molecular flexibility index (Phi) is 4.30. The second kappa shape index (κ2) is 5.50. The third kappa shape index (κ3) is 4.12. The van der Waals surface area contributed by atoms with Crippen LogP contribution in [0.15, 0.2) is 12.4 Å². The standard InChI is InChI=1S/C10H18N4O/c1-8(11-2)5-12-10(15)4-9-6-13-14(3)7-9/h6-8,11H,4-5H2,1-3H3,(H,12,15). The molecule has 1 rings (SSSR count). The van der Waals surface area contributed by atoms with Gasteiger partial charge in [0.1, 0.15) is 0 Å². The van der Waals surface area contributed by atoms with Gasteiger partial charge in [0.25, 0.3) is 0 Å². The SMILES string of the molecule is CNC(C)CNC(=O)Cc1cnn(C)c1. The van der Waals surface area contributed by atoms with Crippen molar-refractivity contribution in [3.63, 3.8) is 0 Å². The van der Waals surface area contributed by atoms with Crippen molar-refractivity contribution in [2.45, 2.75) is 19.4 Å². The van der Waals surface area contributed by atoms with Gasteiger partial charge in [0.2, 0.25) is 5.91 Å². The molecule has 0 aliphatic rings. The third-order valence-electron chi connectivity index (χ3n) is 2.22. The van der Waals surface area contributed by atoms with E-state index < -0.39 is 0 Å². The number of aromatic nitrogens is 2. The summed E-state index contributed by atoms with van der Waals surface area (Å²) in [7, 11) is 3.71. The van der Waals surface area contributed by atoms with E-state index in [1.54, 1.807) is 10.9 Å². The van der Waals surface area contributed by atoms with Gasteiger partial charge in [-0.2, -0.15) is 5.10 Å². The van der Waals surface area contributed by atoms with E-state index in [9.17, 15) is 4.79 Å². The summed E-state index contributed by atoms with van der Waals surface area (Å²) >= 11 is 0. The van der Waals surface area contributed by atoms with E-state index in [0.717, 1.165) is 5.56 Å². The van der Waals surface area contributed by atoms with Crippen molar-refractivity contribution in [2.75, 3.05) is 13.6 Å². The van der Waals surface area contributed by atoms with Crippen molar-refractivity contribution >= 4 is 5.91 Å². The maximum absolute atomic E-state index is 11.5. The van der Waals surface area contributed by atoms with Gasteiger partial charge in [0.05, 0.1) is 12.6 Å². The van der Waals surface area contributed by atoms with E-state index in [4.69, 9.17) is 0 Å². The highest BCUT2D eigenvalue weighted by Crippen LogP contribution is 1.96. The Labute approximate surface area is 89.9 Å². The molecular formula is C10H18N4O.